The zero-order chi connectivity index (χ0) is 31.5. The Labute approximate surface area is 250 Å². The van der Waals surface area contributed by atoms with Gasteiger partial charge in [-0.15, -0.1) is 0 Å². The number of aromatic nitrogens is 2. The van der Waals surface area contributed by atoms with E-state index in [1.165, 1.54) is 24.3 Å². The molecule has 0 radical (unpaired) electrons. The number of nitrogen functional groups attached to an aromatic ring is 1. The number of urea groups is 1. The van der Waals surface area contributed by atoms with Crippen molar-refractivity contribution in [1.82, 2.24) is 10.3 Å². The van der Waals surface area contributed by atoms with Crippen LogP contribution in [0.25, 0.3) is 22.5 Å². The van der Waals surface area contributed by atoms with Crippen molar-refractivity contribution < 1.29 is 37.3 Å². The molecule has 0 aliphatic heterocycles. The molecule has 44 heavy (non-hydrogen) atoms. The average Bonchev–Trinajstić information content (AvgIpc) is 3.71. The van der Waals surface area contributed by atoms with Crippen LogP contribution >= 0.6 is 0 Å². The van der Waals surface area contributed by atoms with Gasteiger partial charge in [-0.2, -0.15) is 0 Å². The highest BCUT2D eigenvalue weighted by Gasteiger charge is 2.16. The van der Waals surface area contributed by atoms with Crippen molar-refractivity contribution in [3.05, 3.63) is 102 Å². The van der Waals surface area contributed by atoms with E-state index in [2.05, 4.69) is 20.9 Å². The first-order valence-electron chi connectivity index (χ1n) is 13.3. The summed E-state index contributed by atoms with van der Waals surface area (Å²) in [6.07, 6.45) is 0. The molecule has 0 bridgehead atoms. The Bertz CT molecular complexity index is 1720. The molecule has 0 aliphatic carbocycles. The van der Waals surface area contributed by atoms with Crippen molar-refractivity contribution in [1.29, 1.82) is 0 Å². The quantitative estimate of drug-likeness (QED) is 0.133. The molecule has 2 aromatic heterocycles. The number of benzene rings is 3. The van der Waals surface area contributed by atoms with Crippen LogP contribution in [0.4, 0.5) is 26.2 Å². The van der Waals surface area contributed by atoms with Gasteiger partial charge in [0.2, 0.25) is 11.5 Å². The summed E-state index contributed by atoms with van der Waals surface area (Å²) in [5.41, 5.74) is 9.39. The molecular weight excluding hydrogens is 573 g/mol. The number of halogens is 1. The van der Waals surface area contributed by atoms with Gasteiger partial charge in [-0.25, -0.2) is 18.8 Å². The van der Waals surface area contributed by atoms with Crippen molar-refractivity contribution in [3.63, 3.8) is 0 Å². The van der Waals surface area contributed by atoms with Crippen molar-refractivity contribution in [2.24, 2.45) is 0 Å². The number of rotatable bonds is 8. The van der Waals surface area contributed by atoms with Crippen LogP contribution in [0.2, 0.25) is 0 Å². The summed E-state index contributed by atoms with van der Waals surface area (Å²) in [7, 11) is 0. The molecule has 0 saturated heterocycles. The summed E-state index contributed by atoms with van der Waals surface area (Å²) in [6.45, 7) is 3.97. The molecule has 0 spiro atoms. The number of anilines is 3. The number of nitrogens with one attached hydrogen (secondary N) is 2. The van der Waals surface area contributed by atoms with Crippen molar-refractivity contribution >= 4 is 35.0 Å². The van der Waals surface area contributed by atoms with Gasteiger partial charge >= 0.3 is 18.0 Å². The second-order valence-corrected chi connectivity index (χ2v) is 8.85. The number of carbonyl (C=O) groups excluding carboxylic acids is 3. The molecule has 0 saturated carbocycles. The van der Waals surface area contributed by atoms with Crippen LogP contribution in [0, 0.1) is 5.82 Å². The molecule has 0 aliphatic rings. The van der Waals surface area contributed by atoms with Gasteiger partial charge < -0.3 is 34.9 Å². The van der Waals surface area contributed by atoms with Gasteiger partial charge in [0, 0.05) is 34.6 Å². The maximum atomic E-state index is 13.5. The number of esters is 2. The van der Waals surface area contributed by atoms with Crippen LogP contribution in [-0.2, 0) is 9.47 Å². The van der Waals surface area contributed by atoms with Gasteiger partial charge in [0.15, 0.2) is 0 Å². The minimum atomic E-state index is -0.584. The topological polar surface area (TPSA) is 172 Å². The van der Waals surface area contributed by atoms with E-state index < -0.39 is 23.8 Å². The lowest BCUT2D eigenvalue weighted by molar-refractivity contribution is 0.0471. The fourth-order valence-electron chi connectivity index (χ4n) is 3.64. The van der Waals surface area contributed by atoms with E-state index in [1.807, 2.05) is 12.1 Å². The normalized spacial score (nSPS) is 10.2. The van der Waals surface area contributed by atoms with E-state index >= 15 is 0 Å². The summed E-state index contributed by atoms with van der Waals surface area (Å²) in [4.78, 5) is 34.9. The molecule has 0 atom stereocenters. The summed E-state index contributed by atoms with van der Waals surface area (Å²) >= 11 is 0. The van der Waals surface area contributed by atoms with E-state index in [9.17, 15) is 18.8 Å². The zero-order valence-electron chi connectivity index (χ0n) is 23.7. The van der Waals surface area contributed by atoms with E-state index in [1.54, 1.807) is 62.4 Å². The molecule has 226 valence electrons. The Morgan fingerprint density at radius 2 is 1.25 bits per heavy atom. The third kappa shape index (κ3) is 8.28. The van der Waals surface area contributed by atoms with Gasteiger partial charge in [-0.1, -0.05) is 46.7 Å². The predicted molar refractivity (Wildman–Crippen MR) is 159 cm³/mol. The van der Waals surface area contributed by atoms with Crippen LogP contribution in [-0.4, -0.2) is 41.5 Å². The SMILES string of the molecule is CCOC(=O)c1cc(-c2ccc(N)cc2)no1.CCOC(=O)c1cc(-c2ccc(NC(=O)Nc3ccccc3F)cc2)no1. The van der Waals surface area contributed by atoms with E-state index in [0.29, 0.717) is 34.9 Å². The maximum Gasteiger partial charge on any atom is 0.377 e. The highest BCUT2D eigenvalue weighted by Crippen LogP contribution is 2.23. The molecule has 0 fully saturated rings. The van der Waals surface area contributed by atoms with Gasteiger partial charge in [-0.3, -0.25) is 0 Å². The predicted octanol–water partition coefficient (Wildman–Crippen LogP) is 6.40. The fraction of sp³-hybridized carbons (Fsp3) is 0.129. The molecule has 12 nitrogen and oxygen atoms in total. The number of hydrogen-bond acceptors (Lipinski definition) is 10. The Morgan fingerprint density at radius 3 is 1.75 bits per heavy atom. The van der Waals surface area contributed by atoms with Gasteiger partial charge in [0.25, 0.3) is 0 Å². The Hall–Kier alpha value is -5.98. The lowest BCUT2D eigenvalue weighted by Crippen LogP contribution is -2.20. The highest BCUT2D eigenvalue weighted by molar-refractivity contribution is 6.00. The van der Waals surface area contributed by atoms with Gasteiger partial charge in [-0.05, 0) is 50.2 Å². The molecule has 4 N–H and O–H groups in total. The summed E-state index contributed by atoms with van der Waals surface area (Å²) < 4.78 is 33.1. The van der Waals surface area contributed by atoms with Crippen molar-refractivity contribution in [2.45, 2.75) is 13.8 Å². The lowest BCUT2D eigenvalue weighted by Gasteiger charge is -2.08. The molecule has 5 rings (SSSR count). The number of hydrogen-bond donors (Lipinski definition) is 3. The summed E-state index contributed by atoms with van der Waals surface area (Å²) in [5, 5.41) is 12.7. The number of nitrogens with two attached hydrogens (primary N) is 1. The van der Waals surface area contributed by atoms with E-state index in [0.717, 1.165) is 5.56 Å². The van der Waals surface area contributed by atoms with Crippen LogP contribution in [0.5, 0.6) is 0 Å². The second-order valence-electron chi connectivity index (χ2n) is 8.85. The molecule has 5 aromatic rings. The molecule has 3 aromatic carbocycles. The van der Waals surface area contributed by atoms with Crippen molar-refractivity contribution in [2.75, 3.05) is 29.6 Å². The minimum Gasteiger partial charge on any atom is -0.460 e. The molecular formula is C31H28FN5O7. The zero-order valence-corrected chi connectivity index (χ0v) is 23.7. The Morgan fingerprint density at radius 1 is 0.750 bits per heavy atom. The van der Waals surface area contributed by atoms with E-state index in [4.69, 9.17) is 24.3 Å². The van der Waals surface area contributed by atoms with Gasteiger partial charge in [0.05, 0.1) is 18.9 Å². The molecule has 2 heterocycles. The van der Waals surface area contributed by atoms with Crippen molar-refractivity contribution in [3.8, 4) is 22.5 Å². The van der Waals surface area contributed by atoms with Crippen LogP contribution in [0.1, 0.15) is 35.0 Å². The third-order valence-electron chi connectivity index (χ3n) is 5.74. The van der Waals surface area contributed by atoms with Gasteiger partial charge in [0.1, 0.15) is 17.2 Å². The molecule has 0 unspecified atom stereocenters. The first-order valence-corrected chi connectivity index (χ1v) is 13.3. The summed E-state index contributed by atoms with van der Waals surface area (Å²) in [6, 6.07) is 22.2. The van der Waals surface area contributed by atoms with Crippen LogP contribution < -0.4 is 16.4 Å². The molecule has 13 heteroatoms. The maximum absolute atomic E-state index is 13.5. The number of nitrogens with zero attached hydrogens (tertiary/aromatic N) is 2. The van der Waals surface area contributed by atoms with Crippen LogP contribution in [0.3, 0.4) is 0 Å². The Balaban J connectivity index is 0.000000223. The lowest BCUT2D eigenvalue weighted by atomic mass is 10.1. The number of ether oxygens (including phenoxy) is 2. The minimum absolute atomic E-state index is 0.0123. The van der Waals surface area contributed by atoms with Crippen LogP contribution in [0.15, 0.2) is 94.0 Å². The van der Waals surface area contributed by atoms with E-state index in [-0.39, 0.29) is 23.8 Å². The molecule has 2 amide bonds. The average molecular weight is 602 g/mol. The summed E-state index contributed by atoms with van der Waals surface area (Å²) in [5.74, 6) is -1.51. The first-order chi connectivity index (χ1) is 21.3. The number of amides is 2. The number of carbonyl (C=O) groups is 3. The number of para-hydroxylation sites is 1. The second kappa shape index (κ2) is 14.8. The largest absolute Gasteiger partial charge is 0.460 e. The fourth-order valence-corrected chi connectivity index (χ4v) is 3.64. The first kappa shape index (κ1) is 31.0. The monoisotopic (exact) mass is 601 g/mol. The smallest absolute Gasteiger partial charge is 0.377 e. The highest BCUT2D eigenvalue weighted by atomic mass is 19.1. The Kier molecular flexibility index (Phi) is 10.4. The standard InChI is InChI=1S/C19H16FN3O4.C12H12N2O3/c1-2-26-18(24)17-11-16(23-27-17)12-7-9-13(10-8-12)21-19(25)22-15-6-4-3-5-14(15)20;1-2-16-12(15)11-7-10(14-17-11)8-3-5-9(13)6-4-8/h3-11H,2H2,1H3,(H2,21,22,25);3-7H,2,13H2,1H3. The third-order valence-corrected chi connectivity index (χ3v) is 5.74.